The average molecular weight is 336 g/mol. The Morgan fingerprint density at radius 1 is 1.45 bits per heavy atom. The lowest BCUT2D eigenvalue weighted by molar-refractivity contribution is 0.255. The van der Waals surface area contributed by atoms with Gasteiger partial charge in [-0.2, -0.15) is 5.26 Å². The first kappa shape index (κ1) is 15.3. The fourth-order valence-electron chi connectivity index (χ4n) is 2.88. The third-order valence-electron chi connectivity index (χ3n) is 4.27. The van der Waals surface area contributed by atoms with E-state index < -0.39 is 0 Å². The SMILES string of the molecule is Cc1cc(Br)ccc1N1CCC(C)N(C)CC1CC#N. The van der Waals surface area contributed by atoms with E-state index in [2.05, 4.69) is 70.9 Å². The molecule has 1 fully saturated rings. The normalized spacial score (nSPS) is 24.2. The van der Waals surface area contributed by atoms with Crippen LogP contribution >= 0.6 is 15.9 Å². The van der Waals surface area contributed by atoms with Gasteiger partial charge in [0.05, 0.1) is 18.5 Å². The molecule has 2 atom stereocenters. The van der Waals surface area contributed by atoms with E-state index in [0.717, 1.165) is 24.0 Å². The Labute approximate surface area is 130 Å². The maximum Gasteiger partial charge on any atom is 0.0643 e. The van der Waals surface area contributed by atoms with Crippen LogP contribution in [0.2, 0.25) is 0 Å². The minimum atomic E-state index is 0.273. The Bertz CT molecular complexity index is 509. The molecule has 0 amide bonds. The highest BCUT2D eigenvalue weighted by Gasteiger charge is 2.27. The van der Waals surface area contributed by atoms with Crippen molar-refractivity contribution in [1.82, 2.24) is 4.90 Å². The molecular formula is C16H22BrN3. The zero-order valence-corrected chi connectivity index (χ0v) is 14.0. The lowest BCUT2D eigenvalue weighted by Crippen LogP contribution is -2.41. The summed E-state index contributed by atoms with van der Waals surface area (Å²) >= 11 is 3.52. The van der Waals surface area contributed by atoms with Crippen LogP contribution in [0.25, 0.3) is 0 Å². The van der Waals surface area contributed by atoms with E-state index in [1.165, 1.54) is 11.3 Å². The molecule has 1 heterocycles. The predicted molar refractivity (Wildman–Crippen MR) is 87.0 cm³/mol. The van der Waals surface area contributed by atoms with Gasteiger partial charge in [0.15, 0.2) is 0 Å². The Hall–Kier alpha value is -1.05. The van der Waals surface area contributed by atoms with Crippen molar-refractivity contribution >= 4 is 21.6 Å². The predicted octanol–water partition coefficient (Wildman–Crippen LogP) is 3.57. The van der Waals surface area contributed by atoms with Crippen molar-refractivity contribution < 1.29 is 0 Å². The molecule has 1 aliphatic rings. The monoisotopic (exact) mass is 335 g/mol. The van der Waals surface area contributed by atoms with Gasteiger partial charge in [0.1, 0.15) is 0 Å². The van der Waals surface area contributed by atoms with Gasteiger partial charge in [-0.3, -0.25) is 0 Å². The summed E-state index contributed by atoms with van der Waals surface area (Å²) in [4.78, 5) is 4.79. The van der Waals surface area contributed by atoms with Crippen LogP contribution in [0.4, 0.5) is 5.69 Å². The Kier molecular flexibility index (Phi) is 5.06. The fourth-order valence-corrected chi connectivity index (χ4v) is 3.35. The van der Waals surface area contributed by atoms with Crippen molar-refractivity contribution in [3.8, 4) is 6.07 Å². The first-order valence-corrected chi connectivity index (χ1v) is 7.92. The van der Waals surface area contributed by atoms with Crippen LogP contribution < -0.4 is 4.90 Å². The highest BCUT2D eigenvalue weighted by Crippen LogP contribution is 2.28. The van der Waals surface area contributed by atoms with Crippen molar-refractivity contribution in [3.05, 3.63) is 28.2 Å². The van der Waals surface area contributed by atoms with Crippen LogP contribution in [0.5, 0.6) is 0 Å². The van der Waals surface area contributed by atoms with Gasteiger partial charge >= 0.3 is 0 Å². The van der Waals surface area contributed by atoms with Gasteiger partial charge < -0.3 is 9.80 Å². The van der Waals surface area contributed by atoms with Gasteiger partial charge in [0.25, 0.3) is 0 Å². The topological polar surface area (TPSA) is 30.3 Å². The van der Waals surface area contributed by atoms with Crippen LogP contribution in [-0.4, -0.2) is 37.1 Å². The summed E-state index contributed by atoms with van der Waals surface area (Å²) in [6.45, 7) is 6.37. The third-order valence-corrected chi connectivity index (χ3v) is 4.77. The second kappa shape index (κ2) is 6.60. The number of nitrogens with zero attached hydrogens (tertiary/aromatic N) is 3. The number of benzene rings is 1. The van der Waals surface area contributed by atoms with Crippen molar-refractivity contribution in [3.63, 3.8) is 0 Å². The van der Waals surface area contributed by atoms with Crippen LogP contribution in [0.1, 0.15) is 25.3 Å². The highest BCUT2D eigenvalue weighted by molar-refractivity contribution is 9.10. The smallest absolute Gasteiger partial charge is 0.0643 e. The summed E-state index contributed by atoms with van der Waals surface area (Å²) in [5, 5.41) is 9.14. The average Bonchev–Trinajstić information content (AvgIpc) is 2.52. The van der Waals surface area contributed by atoms with Crippen molar-refractivity contribution in [2.45, 2.75) is 38.8 Å². The number of anilines is 1. The molecule has 0 spiro atoms. The summed E-state index contributed by atoms with van der Waals surface area (Å²) in [6.07, 6.45) is 1.71. The zero-order chi connectivity index (χ0) is 14.7. The van der Waals surface area contributed by atoms with Gasteiger partial charge in [-0.05, 0) is 51.1 Å². The van der Waals surface area contributed by atoms with Gasteiger partial charge in [0.2, 0.25) is 0 Å². The van der Waals surface area contributed by atoms with Crippen molar-refractivity contribution in [2.24, 2.45) is 0 Å². The van der Waals surface area contributed by atoms with Crippen molar-refractivity contribution in [1.29, 1.82) is 5.26 Å². The van der Waals surface area contributed by atoms with E-state index in [9.17, 15) is 0 Å². The van der Waals surface area contributed by atoms with E-state index in [1.54, 1.807) is 0 Å². The van der Waals surface area contributed by atoms with Crippen LogP contribution in [0.15, 0.2) is 22.7 Å². The summed E-state index contributed by atoms with van der Waals surface area (Å²) in [7, 11) is 2.16. The van der Waals surface area contributed by atoms with Gasteiger partial charge in [-0.1, -0.05) is 15.9 Å². The Morgan fingerprint density at radius 2 is 2.20 bits per heavy atom. The van der Waals surface area contributed by atoms with Gasteiger partial charge in [-0.25, -0.2) is 0 Å². The maximum atomic E-state index is 9.14. The van der Waals surface area contributed by atoms with E-state index in [1.807, 2.05) is 0 Å². The largest absolute Gasteiger partial charge is 0.366 e. The first-order valence-electron chi connectivity index (χ1n) is 7.13. The molecule has 0 N–H and O–H groups in total. The van der Waals surface area contributed by atoms with Gasteiger partial charge in [0, 0.05) is 29.3 Å². The van der Waals surface area contributed by atoms with E-state index in [4.69, 9.17) is 5.26 Å². The summed E-state index contributed by atoms with van der Waals surface area (Å²) in [6, 6.07) is 9.60. The fraction of sp³-hybridized carbons (Fsp3) is 0.562. The number of aryl methyl sites for hydroxylation is 1. The Morgan fingerprint density at radius 3 is 2.85 bits per heavy atom. The molecule has 108 valence electrons. The van der Waals surface area contributed by atoms with E-state index in [0.29, 0.717) is 12.5 Å². The summed E-state index contributed by atoms with van der Waals surface area (Å²) in [5.41, 5.74) is 2.52. The van der Waals surface area contributed by atoms with E-state index in [-0.39, 0.29) is 6.04 Å². The number of nitriles is 1. The number of hydrogen-bond acceptors (Lipinski definition) is 3. The molecule has 1 saturated heterocycles. The quantitative estimate of drug-likeness (QED) is 0.827. The molecule has 1 aliphatic heterocycles. The molecule has 0 radical (unpaired) electrons. The molecule has 1 aromatic carbocycles. The molecule has 2 rings (SSSR count). The first-order chi connectivity index (χ1) is 9.52. The summed E-state index contributed by atoms with van der Waals surface area (Å²) in [5.74, 6) is 0. The number of rotatable bonds is 2. The van der Waals surface area contributed by atoms with E-state index >= 15 is 0 Å². The molecule has 4 heteroatoms. The second-order valence-corrected chi connectivity index (χ2v) is 6.63. The second-order valence-electron chi connectivity index (χ2n) is 5.72. The minimum absolute atomic E-state index is 0.273. The number of halogens is 1. The molecule has 1 aromatic rings. The lowest BCUT2D eigenvalue weighted by atomic mass is 10.1. The molecule has 0 aromatic heterocycles. The van der Waals surface area contributed by atoms with Gasteiger partial charge in [-0.15, -0.1) is 0 Å². The highest BCUT2D eigenvalue weighted by atomic mass is 79.9. The zero-order valence-electron chi connectivity index (χ0n) is 12.4. The summed E-state index contributed by atoms with van der Waals surface area (Å²) < 4.78 is 1.11. The molecule has 0 aliphatic carbocycles. The minimum Gasteiger partial charge on any atom is -0.366 e. The molecule has 0 bridgehead atoms. The molecule has 3 nitrogen and oxygen atoms in total. The lowest BCUT2D eigenvalue weighted by Gasteiger charge is -2.32. The molecule has 2 unspecified atom stereocenters. The molecule has 0 saturated carbocycles. The number of hydrogen-bond donors (Lipinski definition) is 0. The van der Waals surface area contributed by atoms with Crippen LogP contribution in [0, 0.1) is 18.3 Å². The molecule has 20 heavy (non-hydrogen) atoms. The number of likely N-dealkylation sites (N-methyl/N-ethyl adjacent to an activating group) is 1. The third kappa shape index (κ3) is 3.34. The van der Waals surface area contributed by atoms with Crippen molar-refractivity contribution in [2.75, 3.05) is 25.0 Å². The molecular weight excluding hydrogens is 314 g/mol. The van der Waals surface area contributed by atoms with Crippen LogP contribution in [0.3, 0.4) is 0 Å². The standard InChI is InChI=1S/C16H22BrN3/c1-12-10-14(17)4-5-16(12)20-9-7-13(2)19(3)11-15(20)6-8-18/h4-5,10,13,15H,6-7,9,11H2,1-3H3. The Balaban J connectivity index is 2.32. The van der Waals surface area contributed by atoms with Crippen LogP contribution in [-0.2, 0) is 0 Å². The maximum absolute atomic E-state index is 9.14.